The van der Waals surface area contributed by atoms with Gasteiger partial charge in [-0.25, -0.2) is 9.29 Å². The number of phenolic OH excluding ortho intramolecular Hbond substituents is 1. The molecule has 2 aliphatic carbocycles. The van der Waals surface area contributed by atoms with Gasteiger partial charge in [0.25, 0.3) is 11.8 Å². The average molecular weight is 627 g/mol. The van der Waals surface area contributed by atoms with Crippen LogP contribution in [-0.4, -0.2) is 57.0 Å². The Morgan fingerprint density at radius 1 is 1.05 bits per heavy atom. The van der Waals surface area contributed by atoms with Gasteiger partial charge < -0.3 is 9.84 Å². The number of amides is 4. The molecule has 0 bridgehead atoms. The number of benzene rings is 2. The number of nitrogens with zero attached hydrogens (tertiary/aromatic N) is 2. The van der Waals surface area contributed by atoms with E-state index < -0.39 is 51.1 Å². The highest BCUT2D eigenvalue weighted by molar-refractivity contribution is 6.58. The van der Waals surface area contributed by atoms with E-state index in [0.717, 1.165) is 17.0 Å². The van der Waals surface area contributed by atoms with E-state index in [4.69, 9.17) is 27.9 Å². The van der Waals surface area contributed by atoms with Crippen LogP contribution in [0.3, 0.4) is 0 Å². The first-order chi connectivity index (χ1) is 20.5. The third-order valence-corrected chi connectivity index (χ3v) is 10.6. The Balaban J connectivity index is 1.50. The van der Waals surface area contributed by atoms with Crippen LogP contribution in [0.1, 0.15) is 31.7 Å². The number of aromatic hydroxyl groups is 1. The van der Waals surface area contributed by atoms with Crippen LogP contribution in [0.25, 0.3) is 6.08 Å². The van der Waals surface area contributed by atoms with Crippen molar-refractivity contribution in [3.8, 4) is 11.5 Å². The van der Waals surface area contributed by atoms with Gasteiger partial charge in [-0.2, -0.15) is 0 Å². The number of imide groups is 2. The molecular formula is C32H29Cl2FN2O6. The molecule has 0 radical (unpaired) electrons. The molecule has 4 amide bonds. The fourth-order valence-corrected chi connectivity index (χ4v) is 8.05. The van der Waals surface area contributed by atoms with Crippen molar-refractivity contribution in [1.29, 1.82) is 0 Å². The molecule has 11 heteroatoms. The van der Waals surface area contributed by atoms with Gasteiger partial charge in [0, 0.05) is 12.5 Å². The Morgan fingerprint density at radius 3 is 2.44 bits per heavy atom. The average Bonchev–Trinajstić information content (AvgIpc) is 3.32. The molecule has 2 aliphatic heterocycles. The molecule has 43 heavy (non-hydrogen) atoms. The first-order valence-electron chi connectivity index (χ1n) is 14.1. The summed E-state index contributed by atoms with van der Waals surface area (Å²) in [5.74, 6) is -5.38. The molecular weight excluding hydrogens is 598 g/mol. The van der Waals surface area contributed by atoms with Crippen molar-refractivity contribution in [2.24, 2.45) is 23.7 Å². The van der Waals surface area contributed by atoms with E-state index in [1.807, 2.05) is 13.0 Å². The summed E-state index contributed by atoms with van der Waals surface area (Å²) in [6.45, 7) is 2.17. The summed E-state index contributed by atoms with van der Waals surface area (Å²) in [4.78, 5) is 53.5. The third-order valence-electron chi connectivity index (χ3n) is 9.18. The molecule has 6 unspecified atom stereocenters. The smallest absolute Gasteiger partial charge is 0.258 e. The van der Waals surface area contributed by atoms with Crippen molar-refractivity contribution in [2.45, 2.75) is 35.9 Å². The van der Waals surface area contributed by atoms with Crippen molar-refractivity contribution in [1.82, 2.24) is 4.90 Å². The maximum atomic E-state index is 14.2. The van der Waals surface area contributed by atoms with Crippen LogP contribution >= 0.6 is 23.2 Å². The Hall–Kier alpha value is -3.69. The highest BCUT2D eigenvalue weighted by Crippen LogP contribution is 2.63. The summed E-state index contributed by atoms with van der Waals surface area (Å²) in [5.41, 5.74) is 1.39. The first-order valence-corrected chi connectivity index (χ1v) is 14.9. The molecule has 6 rings (SSSR count). The molecule has 0 spiro atoms. The van der Waals surface area contributed by atoms with Crippen LogP contribution in [0.15, 0.2) is 60.2 Å². The molecule has 4 aliphatic rings. The molecule has 2 aromatic rings. The molecule has 2 saturated heterocycles. The van der Waals surface area contributed by atoms with Gasteiger partial charge >= 0.3 is 0 Å². The highest BCUT2D eigenvalue weighted by atomic mass is 35.5. The second-order valence-electron chi connectivity index (χ2n) is 11.4. The summed E-state index contributed by atoms with van der Waals surface area (Å²) in [5, 5.41) is 10.0. The van der Waals surface area contributed by atoms with Gasteiger partial charge in [-0.3, -0.25) is 24.1 Å². The minimum Gasteiger partial charge on any atom is -0.504 e. The van der Waals surface area contributed by atoms with Crippen LogP contribution in [0.2, 0.25) is 0 Å². The quantitative estimate of drug-likeness (QED) is 0.273. The molecule has 2 aromatic carbocycles. The van der Waals surface area contributed by atoms with Gasteiger partial charge in [0.2, 0.25) is 11.8 Å². The molecule has 3 fully saturated rings. The van der Waals surface area contributed by atoms with Gasteiger partial charge in [-0.15, -0.1) is 23.2 Å². The number of hydrogen-bond donors (Lipinski definition) is 1. The maximum Gasteiger partial charge on any atom is 0.258 e. The van der Waals surface area contributed by atoms with Gasteiger partial charge in [-0.1, -0.05) is 36.8 Å². The Bertz CT molecular complexity index is 1610. The van der Waals surface area contributed by atoms with Crippen LogP contribution < -0.4 is 9.64 Å². The highest BCUT2D eigenvalue weighted by Gasteiger charge is 2.76. The zero-order valence-corrected chi connectivity index (χ0v) is 24.9. The van der Waals surface area contributed by atoms with Crippen molar-refractivity contribution < 1.29 is 33.4 Å². The van der Waals surface area contributed by atoms with Crippen molar-refractivity contribution in [3.63, 3.8) is 0 Å². The van der Waals surface area contributed by atoms with E-state index in [1.165, 1.54) is 30.2 Å². The summed E-state index contributed by atoms with van der Waals surface area (Å²) in [7, 11) is 1.42. The second kappa shape index (κ2) is 10.5. The number of fused-ring (bicyclic) bond motifs is 4. The van der Waals surface area contributed by atoms with E-state index in [9.17, 15) is 28.7 Å². The topological polar surface area (TPSA) is 104 Å². The van der Waals surface area contributed by atoms with Crippen LogP contribution in [0, 0.1) is 29.5 Å². The number of rotatable bonds is 6. The molecule has 8 nitrogen and oxygen atoms in total. The number of anilines is 1. The number of halogens is 3. The zero-order chi connectivity index (χ0) is 30.8. The second-order valence-corrected chi connectivity index (χ2v) is 12.7. The fourth-order valence-electron chi connectivity index (χ4n) is 7.16. The molecule has 6 atom stereocenters. The van der Waals surface area contributed by atoms with Gasteiger partial charge in [0.1, 0.15) is 5.82 Å². The van der Waals surface area contributed by atoms with Gasteiger partial charge in [0.15, 0.2) is 21.2 Å². The van der Waals surface area contributed by atoms with Crippen LogP contribution in [-0.2, 0) is 19.2 Å². The Kier molecular flexibility index (Phi) is 7.17. The molecule has 1 N–H and O–H groups in total. The van der Waals surface area contributed by atoms with E-state index >= 15 is 0 Å². The number of hydrogen-bond acceptors (Lipinski definition) is 6. The monoisotopic (exact) mass is 626 g/mol. The summed E-state index contributed by atoms with van der Waals surface area (Å²) in [6, 6.07) is 9.58. The first kappa shape index (κ1) is 29.4. The minimum absolute atomic E-state index is 0.0560. The molecule has 224 valence electrons. The predicted molar refractivity (Wildman–Crippen MR) is 158 cm³/mol. The number of alkyl halides is 2. The lowest BCUT2D eigenvalue weighted by Crippen LogP contribution is -2.60. The normalized spacial score (nSPS) is 31.8. The van der Waals surface area contributed by atoms with Crippen molar-refractivity contribution in [3.05, 3.63) is 71.6 Å². The minimum atomic E-state index is -2.00. The van der Waals surface area contributed by atoms with Gasteiger partial charge in [-0.05, 0) is 67.1 Å². The molecule has 1 saturated carbocycles. The van der Waals surface area contributed by atoms with Crippen LogP contribution in [0.5, 0.6) is 11.5 Å². The lowest BCUT2D eigenvalue weighted by molar-refractivity contribution is -0.140. The Labute approximate surface area is 257 Å². The lowest BCUT2D eigenvalue weighted by atomic mass is 9.57. The SMILES string of the molecule is CCCN1C(=O)C2CC=C3C(CC4(Cl)C(=O)N(c5ccc(F)cc5)C(=O)C4(Cl)C3C=Cc3ccc(O)c(OC)c3)C2C1=O. The fraction of sp³-hybridized carbons (Fsp3) is 0.375. The third kappa shape index (κ3) is 4.15. The predicted octanol–water partition coefficient (Wildman–Crippen LogP) is 5.06. The van der Waals surface area contributed by atoms with Crippen LogP contribution in [0.4, 0.5) is 10.1 Å². The largest absolute Gasteiger partial charge is 0.504 e. The standard InChI is InChI=1S/C32H29Cl2FN2O6/c1-3-14-36-27(39)21-11-10-20-22(26(21)28(36)40)16-31(33)29(41)37(19-8-6-18(35)7-9-19)30(42)32(31,34)23(20)12-4-17-5-13-24(38)25(15-17)43-2/h4-10,12-13,15,21-23,26,38H,3,11,14,16H2,1-2H3. The molecule has 0 aromatic heterocycles. The summed E-state index contributed by atoms with van der Waals surface area (Å²) >= 11 is 14.5. The number of phenols is 1. The van der Waals surface area contributed by atoms with E-state index in [1.54, 1.807) is 24.3 Å². The number of carbonyl (C=O) groups is 4. The summed E-state index contributed by atoms with van der Waals surface area (Å²) < 4.78 is 19.0. The van der Waals surface area contributed by atoms with Crippen molar-refractivity contribution >= 4 is 58.6 Å². The van der Waals surface area contributed by atoms with E-state index in [2.05, 4.69) is 0 Å². The maximum absolute atomic E-state index is 14.2. The van der Waals surface area contributed by atoms with Gasteiger partial charge in [0.05, 0.1) is 24.6 Å². The number of carbonyl (C=O) groups excluding carboxylic acids is 4. The number of methoxy groups -OCH3 is 1. The number of likely N-dealkylation sites (tertiary alicyclic amines) is 1. The van der Waals surface area contributed by atoms with Crippen molar-refractivity contribution in [2.75, 3.05) is 18.6 Å². The van der Waals surface area contributed by atoms with E-state index in [0.29, 0.717) is 24.1 Å². The number of ether oxygens (including phenoxy) is 1. The van der Waals surface area contributed by atoms with E-state index in [-0.39, 0.29) is 41.8 Å². The number of allylic oxidation sites excluding steroid dienone is 3. The zero-order valence-electron chi connectivity index (χ0n) is 23.4. The molecule has 2 heterocycles. The summed E-state index contributed by atoms with van der Waals surface area (Å²) in [6.07, 6.45) is 5.98. The Morgan fingerprint density at radius 2 is 1.77 bits per heavy atom. The lowest BCUT2D eigenvalue weighted by Gasteiger charge is -2.49.